The first-order valence-corrected chi connectivity index (χ1v) is 6.75. The van der Waals surface area contributed by atoms with Gasteiger partial charge in [0, 0.05) is 23.9 Å². The minimum atomic E-state index is 0.314. The van der Waals surface area contributed by atoms with Gasteiger partial charge in [0.1, 0.15) is 4.99 Å². The quantitative estimate of drug-likeness (QED) is 0.824. The number of ether oxygens (including phenoxy) is 1. The number of nitrogens with one attached hydrogen (secondary N) is 1. The molecule has 3 N–H and O–H groups in total. The topological polar surface area (TPSA) is 47.3 Å². The van der Waals surface area contributed by atoms with Crippen molar-refractivity contribution < 1.29 is 4.74 Å². The molecule has 0 amide bonds. The monoisotopic (exact) mass is 264 g/mol. The van der Waals surface area contributed by atoms with Gasteiger partial charge in [-0.2, -0.15) is 0 Å². The van der Waals surface area contributed by atoms with Crippen molar-refractivity contribution in [1.29, 1.82) is 0 Å². The van der Waals surface area contributed by atoms with Crippen molar-refractivity contribution in [3.8, 4) is 0 Å². The molecule has 2 atom stereocenters. The molecular weight excluding hydrogens is 244 g/mol. The third-order valence-electron chi connectivity index (χ3n) is 3.29. The zero-order valence-corrected chi connectivity index (χ0v) is 11.7. The molecule has 3 nitrogen and oxygen atoms in total. The SMILES string of the molecule is Cc1ccc(C(N)=S)c(NC2CCOC(C)C2)c1. The summed E-state index contributed by atoms with van der Waals surface area (Å²) in [4.78, 5) is 0.442. The lowest BCUT2D eigenvalue weighted by molar-refractivity contribution is 0.0232. The molecule has 2 rings (SSSR count). The van der Waals surface area contributed by atoms with Crippen LogP contribution in [-0.2, 0) is 4.74 Å². The molecule has 18 heavy (non-hydrogen) atoms. The van der Waals surface area contributed by atoms with E-state index in [-0.39, 0.29) is 0 Å². The van der Waals surface area contributed by atoms with Crippen molar-refractivity contribution in [1.82, 2.24) is 0 Å². The second kappa shape index (κ2) is 5.67. The molecule has 0 aromatic heterocycles. The van der Waals surface area contributed by atoms with Crippen molar-refractivity contribution in [2.75, 3.05) is 11.9 Å². The number of thiocarbonyl (C=S) groups is 1. The maximum absolute atomic E-state index is 5.76. The predicted octanol–water partition coefficient (Wildman–Crippen LogP) is 2.61. The highest BCUT2D eigenvalue weighted by Gasteiger charge is 2.20. The highest BCUT2D eigenvalue weighted by Crippen LogP contribution is 2.23. The molecule has 4 heteroatoms. The summed E-state index contributed by atoms with van der Waals surface area (Å²) in [6.07, 6.45) is 2.36. The van der Waals surface area contributed by atoms with Crippen LogP contribution in [0.4, 0.5) is 5.69 Å². The van der Waals surface area contributed by atoms with Gasteiger partial charge in [-0.25, -0.2) is 0 Å². The fraction of sp³-hybridized carbons (Fsp3) is 0.500. The average molecular weight is 264 g/mol. The Kier molecular flexibility index (Phi) is 4.19. The zero-order valence-electron chi connectivity index (χ0n) is 10.9. The Bertz CT molecular complexity index is 447. The Hall–Kier alpha value is -1.13. The van der Waals surface area contributed by atoms with Crippen molar-refractivity contribution in [3.63, 3.8) is 0 Å². The standard InChI is InChI=1S/C14H20N2OS/c1-9-3-4-12(14(15)18)13(7-9)16-11-5-6-17-10(2)8-11/h3-4,7,10-11,16H,5-6,8H2,1-2H3,(H2,15,18). The van der Waals surface area contributed by atoms with E-state index in [1.54, 1.807) is 0 Å². The number of aryl methyl sites for hydroxylation is 1. The Morgan fingerprint density at radius 3 is 2.94 bits per heavy atom. The molecule has 0 bridgehead atoms. The van der Waals surface area contributed by atoms with Crippen LogP contribution in [0.3, 0.4) is 0 Å². The third kappa shape index (κ3) is 3.21. The van der Waals surface area contributed by atoms with E-state index in [1.807, 2.05) is 12.1 Å². The highest BCUT2D eigenvalue weighted by atomic mass is 32.1. The Labute approximate surface area is 114 Å². The van der Waals surface area contributed by atoms with Gasteiger partial charge in [-0.1, -0.05) is 18.3 Å². The van der Waals surface area contributed by atoms with Gasteiger partial charge in [0.15, 0.2) is 0 Å². The first-order valence-electron chi connectivity index (χ1n) is 6.35. The summed E-state index contributed by atoms with van der Waals surface area (Å²) in [5, 5.41) is 3.55. The van der Waals surface area contributed by atoms with Crippen LogP contribution in [0.5, 0.6) is 0 Å². The Morgan fingerprint density at radius 1 is 1.50 bits per heavy atom. The molecule has 0 spiro atoms. The van der Waals surface area contributed by atoms with E-state index >= 15 is 0 Å². The Morgan fingerprint density at radius 2 is 2.28 bits per heavy atom. The molecule has 1 aliphatic rings. The summed E-state index contributed by atoms with van der Waals surface area (Å²) >= 11 is 5.10. The van der Waals surface area contributed by atoms with Gasteiger partial charge in [-0.05, 0) is 44.4 Å². The molecule has 1 aliphatic heterocycles. The molecule has 0 radical (unpaired) electrons. The van der Waals surface area contributed by atoms with E-state index in [0.29, 0.717) is 17.1 Å². The number of hydrogen-bond acceptors (Lipinski definition) is 3. The first-order chi connectivity index (χ1) is 8.56. The number of rotatable bonds is 3. The van der Waals surface area contributed by atoms with Gasteiger partial charge >= 0.3 is 0 Å². The van der Waals surface area contributed by atoms with Crippen LogP contribution < -0.4 is 11.1 Å². The second-order valence-corrected chi connectivity index (χ2v) is 5.40. The molecular formula is C14H20N2OS. The molecule has 0 aliphatic carbocycles. The van der Waals surface area contributed by atoms with Gasteiger partial charge in [-0.15, -0.1) is 0 Å². The van der Waals surface area contributed by atoms with Crippen molar-refractivity contribution in [2.24, 2.45) is 5.73 Å². The minimum absolute atomic E-state index is 0.314. The molecule has 1 aromatic rings. The van der Waals surface area contributed by atoms with Crippen LogP contribution in [0.25, 0.3) is 0 Å². The molecule has 1 fully saturated rings. The summed E-state index contributed by atoms with van der Waals surface area (Å²) in [6, 6.07) is 6.56. The molecule has 2 unspecified atom stereocenters. The van der Waals surface area contributed by atoms with Crippen LogP contribution in [-0.4, -0.2) is 23.7 Å². The summed E-state index contributed by atoms with van der Waals surface area (Å²) in [5.41, 5.74) is 8.94. The van der Waals surface area contributed by atoms with E-state index in [1.165, 1.54) is 5.56 Å². The predicted molar refractivity (Wildman–Crippen MR) is 79.1 cm³/mol. The van der Waals surface area contributed by atoms with Crippen molar-refractivity contribution >= 4 is 22.9 Å². The van der Waals surface area contributed by atoms with Crippen LogP contribution in [0.15, 0.2) is 18.2 Å². The maximum atomic E-state index is 5.76. The van der Waals surface area contributed by atoms with E-state index in [0.717, 1.165) is 30.7 Å². The number of benzene rings is 1. The smallest absolute Gasteiger partial charge is 0.106 e. The lowest BCUT2D eigenvalue weighted by Crippen LogP contribution is -2.33. The highest BCUT2D eigenvalue weighted by molar-refractivity contribution is 7.80. The molecule has 0 saturated carbocycles. The van der Waals surface area contributed by atoms with Crippen molar-refractivity contribution in [2.45, 2.75) is 38.8 Å². The summed E-state index contributed by atoms with van der Waals surface area (Å²) in [7, 11) is 0. The van der Waals surface area contributed by atoms with Gasteiger partial charge in [0.05, 0.1) is 6.10 Å². The van der Waals surface area contributed by atoms with E-state index in [2.05, 4.69) is 25.2 Å². The molecule has 1 saturated heterocycles. The van der Waals surface area contributed by atoms with Gasteiger partial charge < -0.3 is 15.8 Å². The van der Waals surface area contributed by atoms with E-state index < -0.39 is 0 Å². The summed E-state index contributed by atoms with van der Waals surface area (Å²) in [5.74, 6) is 0. The fourth-order valence-corrected chi connectivity index (χ4v) is 2.52. The number of anilines is 1. The van der Waals surface area contributed by atoms with E-state index in [4.69, 9.17) is 22.7 Å². The normalized spacial score (nSPS) is 23.7. The van der Waals surface area contributed by atoms with Crippen LogP contribution in [0.2, 0.25) is 0 Å². The lowest BCUT2D eigenvalue weighted by atomic mass is 10.0. The van der Waals surface area contributed by atoms with Gasteiger partial charge in [0.2, 0.25) is 0 Å². The number of hydrogen-bond donors (Lipinski definition) is 2. The molecule has 1 heterocycles. The average Bonchev–Trinajstić information content (AvgIpc) is 2.28. The Balaban J connectivity index is 2.16. The minimum Gasteiger partial charge on any atom is -0.389 e. The molecule has 98 valence electrons. The zero-order chi connectivity index (χ0) is 13.1. The largest absolute Gasteiger partial charge is 0.389 e. The van der Waals surface area contributed by atoms with Crippen LogP contribution >= 0.6 is 12.2 Å². The van der Waals surface area contributed by atoms with Gasteiger partial charge in [-0.3, -0.25) is 0 Å². The van der Waals surface area contributed by atoms with Crippen molar-refractivity contribution in [3.05, 3.63) is 29.3 Å². The summed E-state index contributed by atoms with van der Waals surface area (Å²) in [6.45, 7) is 4.99. The van der Waals surface area contributed by atoms with Crippen LogP contribution in [0.1, 0.15) is 30.9 Å². The fourth-order valence-electron chi connectivity index (χ4n) is 2.34. The second-order valence-electron chi connectivity index (χ2n) is 4.96. The maximum Gasteiger partial charge on any atom is 0.106 e. The third-order valence-corrected chi connectivity index (χ3v) is 3.51. The first kappa shape index (κ1) is 13.3. The molecule has 1 aromatic carbocycles. The summed E-state index contributed by atoms with van der Waals surface area (Å²) < 4.78 is 5.56. The lowest BCUT2D eigenvalue weighted by Gasteiger charge is -2.29. The van der Waals surface area contributed by atoms with Gasteiger partial charge in [0.25, 0.3) is 0 Å². The van der Waals surface area contributed by atoms with Crippen LogP contribution in [0, 0.1) is 6.92 Å². The number of nitrogens with two attached hydrogens (primary N) is 1. The van der Waals surface area contributed by atoms with E-state index in [9.17, 15) is 0 Å².